The molecule has 0 radical (unpaired) electrons. The lowest BCUT2D eigenvalue weighted by Gasteiger charge is -1.96. The maximum absolute atomic E-state index is 10.2. The summed E-state index contributed by atoms with van der Waals surface area (Å²) in [5.41, 5.74) is 0. The summed E-state index contributed by atoms with van der Waals surface area (Å²) in [5, 5.41) is 0. The van der Waals surface area contributed by atoms with Crippen LogP contribution in [-0.4, -0.2) is 18.5 Å². The van der Waals surface area contributed by atoms with Crippen LogP contribution in [0.3, 0.4) is 0 Å². The van der Waals surface area contributed by atoms with Crippen molar-refractivity contribution >= 4 is 6.29 Å². The van der Waals surface area contributed by atoms with Gasteiger partial charge in [-0.3, -0.25) is 0 Å². The maximum atomic E-state index is 10.2. The molecule has 0 aromatic heterocycles. The van der Waals surface area contributed by atoms with Crippen LogP contribution in [0.5, 0.6) is 0 Å². The number of unbranched alkanes of at least 4 members (excludes halogenated alkanes) is 4. The molecule has 1 saturated heterocycles. The van der Waals surface area contributed by atoms with Crippen molar-refractivity contribution in [1.29, 1.82) is 0 Å². The Morgan fingerprint density at radius 2 is 2.00 bits per heavy atom. The minimum atomic E-state index is -0.0591. The van der Waals surface area contributed by atoms with Crippen LogP contribution in [0, 0.1) is 0 Å². The van der Waals surface area contributed by atoms with Crippen LogP contribution in [-0.2, 0) is 9.53 Å². The second-order valence-electron chi connectivity index (χ2n) is 3.48. The number of hydrogen-bond acceptors (Lipinski definition) is 2. The molecule has 1 aliphatic heterocycles. The molecule has 1 fully saturated rings. The molecule has 1 heterocycles. The molecule has 2 atom stereocenters. The van der Waals surface area contributed by atoms with E-state index in [0.717, 1.165) is 12.7 Å². The summed E-state index contributed by atoms with van der Waals surface area (Å²) in [4.78, 5) is 10.2. The summed E-state index contributed by atoms with van der Waals surface area (Å²) in [6, 6.07) is 0. The number of aldehydes is 1. The van der Waals surface area contributed by atoms with E-state index in [1.165, 1.54) is 32.1 Å². The summed E-state index contributed by atoms with van der Waals surface area (Å²) >= 11 is 0. The van der Waals surface area contributed by atoms with Crippen molar-refractivity contribution in [2.45, 2.75) is 57.7 Å². The molecule has 2 heteroatoms. The largest absolute Gasteiger partial charge is 0.362 e. The maximum Gasteiger partial charge on any atom is 0.151 e. The average molecular weight is 170 g/mol. The van der Waals surface area contributed by atoms with E-state index in [-0.39, 0.29) is 12.2 Å². The van der Waals surface area contributed by atoms with Gasteiger partial charge in [0.25, 0.3) is 0 Å². The molecule has 0 N–H and O–H groups in total. The van der Waals surface area contributed by atoms with E-state index in [4.69, 9.17) is 4.74 Å². The Kier molecular flexibility index (Phi) is 4.30. The average Bonchev–Trinajstić information content (AvgIpc) is 2.83. The van der Waals surface area contributed by atoms with E-state index >= 15 is 0 Å². The molecule has 0 aromatic rings. The quantitative estimate of drug-likeness (QED) is 0.333. The molecule has 0 amide bonds. The Hall–Kier alpha value is -0.370. The van der Waals surface area contributed by atoms with Gasteiger partial charge in [0.2, 0.25) is 0 Å². The fourth-order valence-corrected chi connectivity index (χ4v) is 1.46. The first-order valence-electron chi connectivity index (χ1n) is 4.99. The summed E-state index contributed by atoms with van der Waals surface area (Å²) < 4.78 is 5.10. The predicted molar refractivity (Wildman–Crippen MR) is 48.1 cm³/mol. The van der Waals surface area contributed by atoms with Gasteiger partial charge in [0.15, 0.2) is 6.29 Å². The first-order chi connectivity index (χ1) is 5.88. The minimum absolute atomic E-state index is 0.0591. The smallest absolute Gasteiger partial charge is 0.151 e. The molecule has 0 unspecified atom stereocenters. The highest BCUT2D eigenvalue weighted by Crippen LogP contribution is 2.25. The third-order valence-corrected chi connectivity index (χ3v) is 2.35. The predicted octanol–water partition coefficient (Wildman–Crippen LogP) is 2.31. The summed E-state index contributed by atoms with van der Waals surface area (Å²) in [6.07, 6.45) is 8.66. The Morgan fingerprint density at radius 1 is 1.25 bits per heavy atom. The normalized spacial score (nSPS) is 27.1. The second kappa shape index (κ2) is 5.31. The molecular weight excluding hydrogens is 152 g/mol. The molecule has 1 rings (SSSR count). The van der Waals surface area contributed by atoms with Gasteiger partial charge in [-0.05, 0) is 6.42 Å². The van der Waals surface area contributed by atoms with Crippen molar-refractivity contribution in [3.63, 3.8) is 0 Å². The van der Waals surface area contributed by atoms with E-state index in [0.29, 0.717) is 0 Å². The highest BCUT2D eigenvalue weighted by atomic mass is 16.6. The molecular formula is C10H18O2. The fraction of sp³-hybridized carbons (Fsp3) is 0.900. The lowest BCUT2D eigenvalue weighted by atomic mass is 10.1. The van der Waals surface area contributed by atoms with Crippen LogP contribution in [0.4, 0.5) is 0 Å². The number of epoxide rings is 1. The van der Waals surface area contributed by atoms with E-state index in [1.54, 1.807) is 0 Å². The van der Waals surface area contributed by atoms with Gasteiger partial charge in [-0.25, -0.2) is 0 Å². The van der Waals surface area contributed by atoms with Gasteiger partial charge < -0.3 is 9.53 Å². The van der Waals surface area contributed by atoms with Gasteiger partial charge in [-0.2, -0.15) is 0 Å². The van der Waals surface area contributed by atoms with Crippen LogP contribution in [0.15, 0.2) is 0 Å². The van der Waals surface area contributed by atoms with Gasteiger partial charge in [-0.15, -0.1) is 0 Å². The van der Waals surface area contributed by atoms with Crippen LogP contribution >= 0.6 is 0 Å². The zero-order chi connectivity index (χ0) is 8.81. The van der Waals surface area contributed by atoms with Gasteiger partial charge in [0.1, 0.15) is 6.10 Å². The van der Waals surface area contributed by atoms with Crippen LogP contribution in [0.2, 0.25) is 0 Å². The van der Waals surface area contributed by atoms with Gasteiger partial charge in [0.05, 0.1) is 6.10 Å². The molecule has 1 aliphatic rings. The van der Waals surface area contributed by atoms with Crippen molar-refractivity contribution in [1.82, 2.24) is 0 Å². The Balaban J connectivity index is 1.81. The standard InChI is InChI=1S/C10H18O2/c1-2-3-4-5-6-7-9-10(8-11)12-9/h8-10H,2-7H2,1H3/t9-,10+/m1/s1. The number of ether oxygens (including phenoxy) is 1. The van der Waals surface area contributed by atoms with Crippen molar-refractivity contribution in [2.75, 3.05) is 0 Å². The first-order valence-corrected chi connectivity index (χ1v) is 4.99. The monoisotopic (exact) mass is 170 g/mol. The molecule has 0 aliphatic carbocycles. The van der Waals surface area contributed by atoms with E-state index in [9.17, 15) is 4.79 Å². The second-order valence-corrected chi connectivity index (χ2v) is 3.48. The number of hydrogen-bond donors (Lipinski definition) is 0. The molecule has 2 nitrogen and oxygen atoms in total. The van der Waals surface area contributed by atoms with E-state index < -0.39 is 0 Å². The molecule has 70 valence electrons. The van der Waals surface area contributed by atoms with Gasteiger partial charge in [-0.1, -0.05) is 39.0 Å². The van der Waals surface area contributed by atoms with E-state index in [1.807, 2.05) is 0 Å². The Bertz CT molecular complexity index is 134. The van der Waals surface area contributed by atoms with Crippen LogP contribution in [0.1, 0.15) is 45.4 Å². The van der Waals surface area contributed by atoms with E-state index in [2.05, 4.69) is 6.92 Å². The highest BCUT2D eigenvalue weighted by Gasteiger charge is 2.37. The number of carbonyl (C=O) groups excluding carboxylic acids is 1. The Morgan fingerprint density at radius 3 is 2.58 bits per heavy atom. The van der Waals surface area contributed by atoms with Crippen molar-refractivity contribution in [2.24, 2.45) is 0 Å². The first kappa shape index (κ1) is 9.72. The fourth-order valence-electron chi connectivity index (χ4n) is 1.46. The van der Waals surface area contributed by atoms with Crippen LogP contribution < -0.4 is 0 Å². The highest BCUT2D eigenvalue weighted by molar-refractivity contribution is 5.60. The third-order valence-electron chi connectivity index (χ3n) is 2.35. The summed E-state index contributed by atoms with van der Waals surface area (Å²) in [6.45, 7) is 2.21. The lowest BCUT2D eigenvalue weighted by Crippen LogP contribution is -1.94. The van der Waals surface area contributed by atoms with Crippen molar-refractivity contribution in [3.05, 3.63) is 0 Å². The lowest BCUT2D eigenvalue weighted by molar-refractivity contribution is -0.108. The molecule has 0 saturated carbocycles. The van der Waals surface area contributed by atoms with Gasteiger partial charge in [0, 0.05) is 0 Å². The zero-order valence-corrected chi connectivity index (χ0v) is 7.79. The summed E-state index contributed by atoms with van der Waals surface area (Å²) in [7, 11) is 0. The summed E-state index contributed by atoms with van der Waals surface area (Å²) in [5.74, 6) is 0. The zero-order valence-electron chi connectivity index (χ0n) is 7.79. The van der Waals surface area contributed by atoms with Gasteiger partial charge >= 0.3 is 0 Å². The minimum Gasteiger partial charge on any atom is -0.362 e. The topological polar surface area (TPSA) is 29.6 Å². The molecule has 0 spiro atoms. The van der Waals surface area contributed by atoms with Crippen molar-refractivity contribution in [3.8, 4) is 0 Å². The molecule has 0 bridgehead atoms. The number of carbonyl (C=O) groups is 1. The SMILES string of the molecule is CCCCCCC[C@H]1O[C@H]1C=O. The Labute approximate surface area is 74.3 Å². The number of rotatable bonds is 7. The third kappa shape index (κ3) is 3.35. The molecule has 0 aromatic carbocycles. The van der Waals surface area contributed by atoms with Crippen molar-refractivity contribution < 1.29 is 9.53 Å². The van der Waals surface area contributed by atoms with Crippen LogP contribution in [0.25, 0.3) is 0 Å². The molecule has 12 heavy (non-hydrogen) atoms.